The number of aliphatic hydroxyl groups is 1. The number of nitrogens with one attached hydrogen (secondary N) is 1. The Morgan fingerprint density at radius 2 is 2.21 bits per heavy atom. The lowest BCUT2D eigenvalue weighted by Crippen LogP contribution is -2.16. The van der Waals surface area contributed by atoms with E-state index in [-0.39, 0.29) is 5.02 Å². The summed E-state index contributed by atoms with van der Waals surface area (Å²) in [6.07, 6.45) is -0.656. The fourth-order valence-electron chi connectivity index (χ4n) is 1.26. The Labute approximate surface area is 87.7 Å². The Hall–Kier alpha value is -0.640. The molecule has 14 heavy (non-hydrogen) atoms. The van der Waals surface area contributed by atoms with Gasteiger partial charge in [-0.05, 0) is 31.2 Å². The van der Waals surface area contributed by atoms with E-state index in [1.165, 1.54) is 6.07 Å². The van der Waals surface area contributed by atoms with Crippen molar-refractivity contribution < 1.29 is 9.50 Å². The number of hydrogen-bond acceptors (Lipinski definition) is 2. The average Bonchev–Trinajstić information content (AvgIpc) is 2.13. The van der Waals surface area contributed by atoms with Crippen molar-refractivity contribution in [3.63, 3.8) is 0 Å². The van der Waals surface area contributed by atoms with Crippen molar-refractivity contribution in [2.75, 3.05) is 13.6 Å². The zero-order valence-corrected chi connectivity index (χ0v) is 8.90. The van der Waals surface area contributed by atoms with Gasteiger partial charge < -0.3 is 10.4 Å². The lowest BCUT2D eigenvalue weighted by molar-refractivity contribution is 0.177. The zero-order valence-electron chi connectivity index (χ0n) is 8.14. The summed E-state index contributed by atoms with van der Waals surface area (Å²) in [6.45, 7) is 2.04. The standard InChI is InChI=1S/C10H13ClFNO/c1-6-3-7(9(14)5-13-2)4-8(11)10(6)12/h3-4,9,13-14H,5H2,1-2H3. The van der Waals surface area contributed by atoms with Gasteiger partial charge in [-0.1, -0.05) is 17.7 Å². The molecule has 1 rings (SSSR count). The molecule has 2 nitrogen and oxygen atoms in total. The van der Waals surface area contributed by atoms with E-state index in [0.29, 0.717) is 17.7 Å². The Morgan fingerprint density at radius 3 is 2.71 bits per heavy atom. The largest absolute Gasteiger partial charge is 0.387 e. The predicted octanol–water partition coefficient (Wildman–Crippen LogP) is 2.04. The molecule has 0 radical (unpaired) electrons. The summed E-state index contributed by atoms with van der Waals surface area (Å²) in [5.41, 5.74) is 1.07. The predicted molar refractivity (Wildman–Crippen MR) is 55.0 cm³/mol. The number of aryl methyl sites for hydroxylation is 1. The molecule has 78 valence electrons. The molecule has 0 saturated carbocycles. The molecule has 0 aliphatic rings. The van der Waals surface area contributed by atoms with Crippen molar-refractivity contribution in [1.29, 1.82) is 0 Å². The number of aliphatic hydroxyl groups excluding tert-OH is 1. The Balaban J connectivity index is 3.00. The van der Waals surface area contributed by atoms with Gasteiger partial charge in [0.05, 0.1) is 11.1 Å². The minimum atomic E-state index is -0.656. The summed E-state index contributed by atoms with van der Waals surface area (Å²) in [4.78, 5) is 0. The minimum absolute atomic E-state index is 0.0511. The highest BCUT2D eigenvalue weighted by molar-refractivity contribution is 6.30. The second-order valence-electron chi connectivity index (χ2n) is 3.21. The van der Waals surface area contributed by atoms with Gasteiger partial charge in [0.1, 0.15) is 5.82 Å². The molecule has 0 saturated heterocycles. The third-order valence-corrected chi connectivity index (χ3v) is 2.29. The van der Waals surface area contributed by atoms with E-state index in [2.05, 4.69) is 5.32 Å². The SMILES string of the molecule is CNCC(O)c1cc(C)c(F)c(Cl)c1. The van der Waals surface area contributed by atoms with Crippen LogP contribution >= 0.6 is 11.6 Å². The van der Waals surface area contributed by atoms with Gasteiger partial charge >= 0.3 is 0 Å². The van der Waals surface area contributed by atoms with E-state index in [4.69, 9.17) is 11.6 Å². The van der Waals surface area contributed by atoms with E-state index in [1.54, 1.807) is 20.0 Å². The van der Waals surface area contributed by atoms with Crippen LogP contribution in [0.4, 0.5) is 4.39 Å². The number of benzene rings is 1. The lowest BCUT2D eigenvalue weighted by atomic mass is 10.1. The van der Waals surface area contributed by atoms with Gasteiger partial charge in [-0.2, -0.15) is 0 Å². The topological polar surface area (TPSA) is 32.3 Å². The third kappa shape index (κ3) is 2.44. The number of halogens is 2. The van der Waals surface area contributed by atoms with Crippen LogP contribution in [0.1, 0.15) is 17.2 Å². The third-order valence-electron chi connectivity index (χ3n) is 2.01. The maximum atomic E-state index is 13.1. The molecule has 2 N–H and O–H groups in total. The second-order valence-corrected chi connectivity index (χ2v) is 3.61. The summed E-state index contributed by atoms with van der Waals surface area (Å²) in [5, 5.41) is 12.5. The first kappa shape index (κ1) is 11.4. The maximum absolute atomic E-state index is 13.1. The normalized spacial score (nSPS) is 12.9. The average molecular weight is 218 g/mol. The molecular weight excluding hydrogens is 205 g/mol. The van der Waals surface area contributed by atoms with E-state index in [1.807, 2.05) is 0 Å². The van der Waals surface area contributed by atoms with Crippen LogP contribution in [-0.4, -0.2) is 18.7 Å². The van der Waals surface area contributed by atoms with Crippen molar-refractivity contribution in [3.8, 4) is 0 Å². The van der Waals surface area contributed by atoms with Gasteiger partial charge in [0.25, 0.3) is 0 Å². The van der Waals surface area contributed by atoms with Gasteiger partial charge in [0.15, 0.2) is 0 Å². The quantitative estimate of drug-likeness (QED) is 0.812. The monoisotopic (exact) mass is 217 g/mol. The van der Waals surface area contributed by atoms with Gasteiger partial charge in [-0.25, -0.2) is 4.39 Å². The highest BCUT2D eigenvalue weighted by Crippen LogP contribution is 2.23. The molecule has 0 aliphatic carbocycles. The molecular formula is C10H13ClFNO. The van der Waals surface area contributed by atoms with Crippen LogP contribution in [0.25, 0.3) is 0 Å². The fourth-order valence-corrected chi connectivity index (χ4v) is 1.53. The van der Waals surface area contributed by atoms with Crippen molar-refractivity contribution in [3.05, 3.63) is 34.1 Å². The first-order valence-electron chi connectivity index (χ1n) is 4.34. The van der Waals surface area contributed by atoms with Crippen LogP contribution in [0.3, 0.4) is 0 Å². The Morgan fingerprint density at radius 1 is 1.57 bits per heavy atom. The highest BCUT2D eigenvalue weighted by atomic mass is 35.5. The van der Waals surface area contributed by atoms with E-state index in [9.17, 15) is 9.50 Å². The van der Waals surface area contributed by atoms with Crippen molar-refractivity contribution in [1.82, 2.24) is 5.32 Å². The van der Waals surface area contributed by atoms with Crippen LogP contribution < -0.4 is 5.32 Å². The minimum Gasteiger partial charge on any atom is -0.387 e. The van der Waals surface area contributed by atoms with Gasteiger partial charge in [0.2, 0.25) is 0 Å². The summed E-state index contributed by atoms with van der Waals surface area (Å²) < 4.78 is 13.1. The Kier molecular flexibility index (Phi) is 3.86. The van der Waals surface area contributed by atoms with Gasteiger partial charge in [0, 0.05) is 6.54 Å². The first-order valence-corrected chi connectivity index (χ1v) is 4.72. The molecule has 1 atom stereocenters. The smallest absolute Gasteiger partial charge is 0.144 e. The fraction of sp³-hybridized carbons (Fsp3) is 0.400. The Bertz CT molecular complexity index is 307. The summed E-state index contributed by atoms with van der Waals surface area (Å²) in [5.74, 6) is -0.424. The molecule has 1 unspecified atom stereocenters. The number of likely N-dealkylation sites (N-methyl/N-ethyl adjacent to an activating group) is 1. The van der Waals surface area contributed by atoms with Crippen molar-refractivity contribution in [2.24, 2.45) is 0 Å². The van der Waals surface area contributed by atoms with E-state index in [0.717, 1.165) is 0 Å². The lowest BCUT2D eigenvalue weighted by Gasteiger charge is -2.12. The molecule has 0 amide bonds. The zero-order chi connectivity index (χ0) is 10.7. The molecule has 0 aliphatic heterocycles. The first-order chi connectivity index (χ1) is 6.56. The van der Waals surface area contributed by atoms with Gasteiger partial charge in [-0.15, -0.1) is 0 Å². The van der Waals surface area contributed by atoms with Crippen molar-refractivity contribution >= 4 is 11.6 Å². The molecule has 4 heteroatoms. The van der Waals surface area contributed by atoms with Crippen molar-refractivity contribution in [2.45, 2.75) is 13.0 Å². The van der Waals surface area contributed by atoms with Crippen LogP contribution in [-0.2, 0) is 0 Å². The van der Waals surface area contributed by atoms with Gasteiger partial charge in [-0.3, -0.25) is 0 Å². The second kappa shape index (κ2) is 4.73. The molecule has 0 spiro atoms. The molecule has 0 aromatic heterocycles. The molecule has 0 fully saturated rings. The maximum Gasteiger partial charge on any atom is 0.144 e. The number of rotatable bonds is 3. The molecule has 0 heterocycles. The highest BCUT2D eigenvalue weighted by Gasteiger charge is 2.11. The molecule has 1 aromatic rings. The van der Waals surface area contributed by atoms with Crippen LogP contribution in [0, 0.1) is 12.7 Å². The van der Waals surface area contributed by atoms with Crippen LogP contribution in [0.15, 0.2) is 12.1 Å². The summed E-state index contributed by atoms with van der Waals surface area (Å²) in [6, 6.07) is 3.05. The summed E-state index contributed by atoms with van der Waals surface area (Å²) >= 11 is 5.66. The van der Waals surface area contributed by atoms with Crippen LogP contribution in [0.5, 0.6) is 0 Å². The molecule has 1 aromatic carbocycles. The number of hydrogen-bond donors (Lipinski definition) is 2. The van der Waals surface area contributed by atoms with E-state index >= 15 is 0 Å². The van der Waals surface area contributed by atoms with Crippen LogP contribution in [0.2, 0.25) is 5.02 Å². The molecule has 0 bridgehead atoms. The summed E-state index contributed by atoms with van der Waals surface area (Å²) in [7, 11) is 1.74. The van der Waals surface area contributed by atoms with E-state index < -0.39 is 11.9 Å².